The van der Waals surface area contributed by atoms with Crippen molar-refractivity contribution in [2.24, 2.45) is 0 Å². The summed E-state index contributed by atoms with van der Waals surface area (Å²) in [5.74, 6) is -3.83. The van der Waals surface area contributed by atoms with Crippen LogP contribution >= 0.6 is 0 Å². The minimum absolute atomic E-state index is 0.131. The standard InChI is InChI=1S/C34H24F3N3O3/c1-19(20-2-4-22(5-3-20)34(42)43)38-33(41)28-15-25(23-8-11-29(36)30(37)16-23)14-24-12-13-40(32(24)28)18-27-10-7-21-6-9-26(35)17-31(21)39-27/h2-17,19H,18H2,1H3,(H,38,41)(H,42,43)/t19-/m0/s1. The number of benzene rings is 4. The highest BCUT2D eigenvalue weighted by atomic mass is 19.2. The fourth-order valence-corrected chi connectivity index (χ4v) is 5.16. The van der Waals surface area contributed by atoms with Crippen LogP contribution in [-0.4, -0.2) is 26.5 Å². The summed E-state index contributed by atoms with van der Waals surface area (Å²) in [5.41, 5.74) is 3.81. The number of carboxylic acids is 1. The molecule has 2 aromatic heterocycles. The largest absolute Gasteiger partial charge is 0.478 e. The van der Waals surface area contributed by atoms with Crippen LogP contribution in [0.2, 0.25) is 0 Å². The fraction of sp³-hybridized carbons (Fsp3) is 0.0882. The number of hydrogen-bond acceptors (Lipinski definition) is 3. The van der Waals surface area contributed by atoms with Crippen LogP contribution in [0.1, 0.15) is 44.9 Å². The predicted octanol–water partition coefficient (Wildman–Crippen LogP) is 7.51. The number of fused-ring (bicyclic) bond motifs is 2. The van der Waals surface area contributed by atoms with Crippen molar-refractivity contribution in [1.82, 2.24) is 14.9 Å². The van der Waals surface area contributed by atoms with E-state index in [2.05, 4.69) is 10.3 Å². The Hall–Kier alpha value is -5.44. The van der Waals surface area contributed by atoms with E-state index in [1.807, 2.05) is 29.0 Å². The molecule has 2 N–H and O–H groups in total. The maximum Gasteiger partial charge on any atom is 0.335 e. The lowest BCUT2D eigenvalue weighted by atomic mass is 9.99. The van der Waals surface area contributed by atoms with Gasteiger partial charge in [0.05, 0.1) is 40.4 Å². The zero-order valence-corrected chi connectivity index (χ0v) is 22.8. The first-order valence-corrected chi connectivity index (χ1v) is 13.4. The number of amides is 1. The van der Waals surface area contributed by atoms with E-state index in [0.717, 1.165) is 17.5 Å². The molecule has 6 rings (SSSR count). The molecule has 6 nitrogen and oxygen atoms in total. The third-order valence-corrected chi connectivity index (χ3v) is 7.41. The Kier molecular flexibility index (Phi) is 7.15. The molecule has 0 spiro atoms. The Morgan fingerprint density at radius 2 is 1.60 bits per heavy atom. The zero-order valence-electron chi connectivity index (χ0n) is 22.8. The number of aromatic nitrogens is 2. The van der Waals surface area contributed by atoms with Crippen LogP contribution in [0.15, 0.2) is 97.2 Å². The molecule has 0 saturated carbocycles. The van der Waals surface area contributed by atoms with Gasteiger partial charge < -0.3 is 15.0 Å². The summed E-state index contributed by atoms with van der Waals surface area (Å²) >= 11 is 0. The van der Waals surface area contributed by atoms with Gasteiger partial charge in [0.1, 0.15) is 5.82 Å². The van der Waals surface area contributed by atoms with Crippen molar-refractivity contribution in [2.75, 3.05) is 0 Å². The van der Waals surface area contributed by atoms with E-state index in [1.165, 1.54) is 30.3 Å². The fourth-order valence-electron chi connectivity index (χ4n) is 5.16. The van der Waals surface area contributed by atoms with Crippen molar-refractivity contribution in [1.29, 1.82) is 0 Å². The Labute approximate surface area is 244 Å². The van der Waals surface area contributed by atoms with Gasteiger partial charge in [-0.05, 0) is 84.3 Å². The van der Waals surface area contributed by atoms with Gasteiger partial charge in [0.15, 0.2) is 11.6 Å². The molecule has 9 heteroatoms. The van der Waals surface area contributed by atoms with Crippen LogP contribution in [0, 0.1) is 17.5 Å². The van der Waals surface area contributed by atoms with Gasteiger partial charge in [-0.3, -0.25) is 9.78 Å². The topological polar surface area (TPSA) is 84.2 Å². The minimum atomic E-state index is -1.05. The molecule has 0 aliphatic rings. The van der Waals surface area contributed by atoms with Gasteiger partial charge >= 0.3 is 5.97 Å². The molecule has 0 bridgehead atoms. The van der Waals surface area contributed by atoms with E-state index in [0.29, 0.717) is 44.4 Å². The van der Waals surface area contributed by atoms with Gasteiger partial charge in [-0.15, -0.1) is 0 Å². The van der Waals surface area contributed by atoms with Gasteiger partial charge in [0, 0.05) is 23.0 Å². The third-order valence-electron chi connectivity index (χ3n) is 7.41. The highest BCUT2D eigenvalue weighted by Crippen LogP contribution is 2.31. The molecule has 1 amide bonds. The number of rotatable bonds is 7. The summed E-state index contributed by atoms with van der Waals surface area (Å²) in [4.78, 5) is 29.7. The molecule has 0 aliphatic heterocycles. The van der Waals surface area contributed by atoms with Crippen LogP contribution in [0.4, 0.5) is 13.2 Å². The summed E-state index contributed by atoms with van der Waals surface area (Å²) in [6.07, 6.45) is 1.81. The summed E-state index contributed by atoms with van der Waals surface area (Å²) in [7, 11) is 0. The van der Waals surface area contributed by atoms with E-state index in [4.69, 9.17) is 0 Å². The Morgan fingerprint density at radius 3 is 2.35 bits per heavy atom. The molecule has 0 unspecified atom stereocenters. The molecule has 0 fully saturated rings. The van der Waals surface area contributed by atoms with Crippen molar-refractivity contribution in [3.05, 3.63) is 137 Å². The van der Waals surface area contributed by atoms with Crippen molar-refractivity contribution in [3.8, 4) is 11.1 Å². The monoisotopic (exact) mass is 579 g/mol. The highest BCUT2D eigenvalue weighted by Gasteiger charge is 2.20. The van der Waals surface area contributed by atoms with Crippen LogP contribution in [0.25, 0.3) is 32.9 Å². The van der Waals surface area contributed by atoms with Gasteiger partial charge in [-0.25, -0.2) is 18.0 Å². The molecule has 0 saturated heterocycles. The summed E-state index contributed by atoms with van der Waals surface area (Å²) < 4.78 is 43.5. The molecular weight excluding hydrogens is 555 g/mol. The van der Waals surface area contributed by atoms with Gasteiger partial charge in [0.2, 0.25) is 0 Å². The van der Waals surface area contributed by atoms with Gasteiger partial charge in [-0.1, -0.05) is 24.3 Å². The van der Waals surface area contributed by atoms with Gasteiger partial charge in [0.25, 0.3) is 5.91 Å². The van der Waals surface area contributed by atoms with E-state index in [1.54, 1.807) is 37.3 Å². The first-order chi connectivity index (χ1) is 20.7. The lowest BCUT2D eigenvalue weighted by Crippen LogP contribution is -2.27. The number of nitrogens with one attached hydrogen (secondary N) is 1. The first-order valence-electron chi connectivity index (χ1n) is 13.4. The second-order valence-electron chi connectivity index (χ2n) is 10.3. The van der Waals surface area contributed by atoms with Crippen LogP contribution in [-0.2, 0) is 6.54 Å². The number of carbonyl (C=O) groups excluding carboxylic acids is 1. The molecule has 0 aliphatic carbocycles. The van der Waals surface area contributed by atoms with Crippen molar-refractivity contribution in [2.45, 2.75) is 19.5 Å². The second kappa shape index (κ2) is 11.1. The molecule has 6 aromatic rings. The van der Waals surface area contributed by atoms with Crippen molar-refractivity contribution in [3.63, 3.8) is 0 Å². The molecular formula is C34H24F3N3O3. The average Bonchev–Trinajstić information content (AvgIpc) is 3.40. The van der Waals surface area contributed by atoms with Crippen LogP contribution in [0.5, 0.6) is 0 Å². The van der Waals surface area contributed by atoms with E-state index in [-0.39, 0.29) is 17.9 Å². The second-order valence-corrected chi connectivity index (χ2v) is 10.3. The Bertz CT molecular complexity index is 2040. The minimum Gasteiger partial charge on any atom is -0.478 e. The number of hydrogen-bond donors (Lipinski definition) is 2. The Balaban J connectivity index is 1.41. The van der Waals surface area contributed by atoms with Gasteiger partial charge in [-0.2, -0.15) is 0 Å². The van der Waals surface area contributed by atoms with E-state index < -0.39 is 29.6 Å². The lowest BCUT2D eigenvalue weighted by Gasteiger charge is -2.17. The highest BCUT2D eigenvalue weighted by molar-refractivity contribution is 6.08. The maximum absolute atomic E-state index is 14.1. The predicted molar refractivity (Wildman–Crippen MR) is 157 cm³/mol. The maximum atomic E-state index is 14.1. The first kappa shape index (κ1) is 27.7. The van der Waals surface area contributed by atoms with Crippen molar-refractivity contribution >= 4 is 33.7 Å². The lowest BCUT2D eigenvalue weighted by molar-refractivity contribution is 0.0696. The number of carbonyl (C=O) groups is 2. The molecule has 2 heterocycles. The summed E-state index contributed by atoms with van der Waals surface area (Å²) in [6.45, 7) is 2.06. The number of aromatic carboxylic acids is 1. The smallest absolute Gasteiger partial charge is 0.335 e. The molecule has 214 valence electrons. The number of halogens is 3. The van der Waals surface area contributed by atoms with E-state index >= 15 is 0 Å². The SMILES string of the molecule is C[C@H](NC(=O)c1cc(-c2ccc(F)c(F)c2)cc2ccn(Cc3ccc4ccc(F)cc4n3)c12)c1ccc(C(=O)O)cc1. The summed E-state index contributed by atoms with van der Waals surface area (Å²) in [6, 6.07) is 22.6. The summed E-state index contributed by atoms with van der Waals surface area (Å²) in [5, 5.41) is 13.7. The van der Waals surface area contributed by atoms with Crippen LogP contribution < -0.4 is 5.32 Å². The molecule has 43 heavy (non-hydrogen) atoms. The number of nitrogens with zero attached hydrogens (tertiary/aromatic N) is 2. The quantitative estimate of drug-likeness (QED) is 0.205. The third kappa shape index (κ3) is 5.57. The number of carboxylic acid groups (broad SMARTS) is 1. The van der Waals surface area contributed by atoms with Crippen molar-refractivity contribution < 1.29 is 27.9 Å². The zero-order chi connectivity index (χ0) is 30.2. The molecule has 1 atom stereocenters. The molecule has 4 aromatic carbocycles. The Morgan fingerprint density at radius 1 is 0.837 bits per heavy atom. The van der Waals surface area contributed by atoms with E-state index in [9.17, 15) is 27.9 Å². The normalized spacial score (nSPS) is 12.0. The average molecular weight is 580 g/mol. The molecule has 0 radical (unpaired) electrons. The number of pyridine rings is 1. The van der Waals surface area contributed by atoms with Crippen LogP contribution in [0.3, 0.4) is 0 Å².